The van der Waals surface area contributed by atoms with Crippen LogP contribution in [0.4, 0.5) is 0 Å². The molecule has 0 saturated carbocycles. The number of nitrogens with zero attached hydrogens (tertiary/aromatic N) is 2. The molecule has 138 valence electrons. The van der Waals surface area contributed by atoms with Gasteiger partial charge in [-0.15, -0.1) is 12.4 Å². The van der Waals surface area contributed by atoms with E-state index in [9.17, 15) is 9.59 Å². The molecule has 1 fully saturated rings. The SMILES string of the molecule is CC[C@@H](C)[C@@H](N)C(=O)N1CCC(n2c(=O)[nH]c3ccccc32)CC1.Cl. The van der Waals surface area contributed by atoms with E-state index in [2.05, 4.69) is 4.98 Å². The van der Waals surface area contributed by atoms with Crippen LogP contribution >= 0.6 is 12.4 Å². The zero-order chi connectivity index (χ0) is 17.3. The first kappa shape index (κ1) is 19.5. The quantitative estimate of drug-likeness (QED) is 0.870. The Bertz CT molecular complexity index is 777. The number of halogens is 1. The topological polar surface area (TPSA) is 84.1 Å². The molecule has 1 aliphatic rings. The van der Waals surface area contributed by atoms with E-state index in [0.29, 0.717) is 13.1 Å². The number of piperidine rings is 1. The Morgan fingerprint density at radius 1 is 1.32 bits per heavy atom. The molecule has 0 bridgehead atoms. The molecule has 3 N–H and O–H groups in total. The fourth-order valence-electron chi connectivity index (χ4n) is 3.49. The largest absolute Gasteiger partial charge is 0.341 e. The van der Waals surface area contributed by atoms with Crippen LogP contribution in [-0.2, 0) is 4.79 Å². The average molecular weight is 367 g/mol. The molecule has 0 aliphatic carbocycles. The second-order valence-electron chi connectivity index (χ2n) is 6.79. The number of nitrogens with two attached hydrogens (primary N) is 1. The van der Waals surface area contributed by atoms with Crippen LogP contribution in [0.25, 0.3) is 11.0 Å². The molecule has 1 amide bonds. The van der Waals surface area contributed by atoms with E-state index in [4.69, 9.17) is 5.73 Å². The van der Waals surface area contributed by atoms with Gasteiger partial charge in [0.2, 0.25) is 5.91 Å². The van der Waals surface area contributed by atoms with E-state index in [1.807, 2.05) is 47.6 Å². The number of H-pyrrole nitrogens is 1. The Hall–Kier alpha value is -1.79. The van der Waals surface area contributed by atoms with Crippen LogP contribution in [0.1, 0.15) is 39.2 Å². The summed E-state index contributed by atoms with van der Waals surface area (Å²) in [5.41, 5.74) is 7.80. The number of aromatic nitrogens is 2. The number of fused-ring (bicyclic) bond motifs is 1. The zero-order valence-corrected chi connectivity index (χ0v) is 15.6. The minimum Gasteiger partial charge on any atom is -0.341 e. The Labute approximate surface area is 153 Å². The highest BCUT2D eigenvalue weighted by atomic mass is 35.5. The Morgan fingerprint density at radius 2 is 1.96 bits per heavy atom. The van der Waals surface area contributed by atoms with Crippen molar-refractivity contribution in [3.05, 3.63) is 34.7 Å². The lowest BCUT2D eigenvalue weighted by Crippen LogP contribution is -2.50. The molecule has 2 heterocycles. The van der Waals surface area contributed by atoms with E-state index in [-0.39, 0.29) is 36.0 Å². The standard InChI is InChI=1S/C18H26N4O2.ClH/c1-3-12(2)16(19)17(23)21-10-8-13(9-11-21)22-15-7-5-4-6-14(15)20-18(22)24;/h4-7,12-13,16H,3,8-11,19H2,1-2H3,(H,20,24);1H/t12-,16-;/m1./s1. The molecule has 6 nitrogen and oxygen atoms in total. The molecule has 2 atom stereocenters. The summed E-state index contributed by atoms with van der Waals surface area (Å²) < 4.78 is 1.84. The van der Waals surface area contributed by atoms with E-state index >= 15 is 0 Å². The number of hydrogen-bond acceptors (Lipinski definition) is 3. The molecular weight excluding hydrogens is 340 g/mol. The fourth-order valence-corrected chi connectivity index (χ4v) is 3.49. The highest BCUT2D eigenvalue weighted by Crippen LogP contribution is 2.25. The molecule has 2 aromatic rings. The molecule has 1 aromatic carbocycles. The van der Waals surface area contributed by atoms with Crippen LogP contribution in [0.5, 0.6) is 0 Å². The Balaban J connectivity index is 0.00000225. The highest BCUT2D eigenvalue weighted by Gasteiger charge is 2.30. The van der Waals surface area contributed by atoms with Crippen molar-refractivity contribution in [3.8, 4) is 0 Å². The van der Waals surface area contributed by atoms with Crippen molar-refractivity contribution in [1.29, 1.82) is 0 Å². The van der Waals surface area contributed by atoms with Gasteiger partial charge in [-0.1, -0.05) is 32.4 Å². The summed E-state index contributed by atoms with van der Waals surface area (Å²) in [5, 5.41) is 0. The number of carbonyl (C=O) groups excluding carboxylic acids is 1. The fraction of sp³-hybridized carbons (Fsp3) is 0.556. The number of imidazole rings is 1. The van der Waals surface area contributed by atoms with Crippen LogP contribution < -0.4 is 11.4 Å². The number of hydrogen-bond donors (Lipinski definition) is 2. The summed E-state index contributed by atoms with van der Waals surface area (Å²) in [6.07, 6.45) is 2.45. The number of nitrogens with one attached hydrogen (secondary N) is 1. The summed E-state index contributed by atoms with van der Waals surface area (Å²) >= 11 is 0. The number of aromatic amines is 1. The molecule has 3 rings (SSSR count). The Kier molecular flexibility index (Phi) is 6.30. The maximum atomic E-state index is 12.5. The van der Waals surface area contributed by atoms with Gasteiger partial charge < -0.3 is 15.6 Å². The first-order valence-electron chi connectivity index (χ1n) is 8.76. The number of carbonyl (C=O) groups is 1. The summed E-state index contributed by atoms with van der Waals surface area (Å²) in [6, 6.07) is 7.43. The summed E-state index contributed by atoms with van der Waals surface area (Å²) in [4.78, 5) is 29.6. The van der Waals surface area contributed by atoms with Gasteiger partial charge in [0.25, 0.3) is 0 Å². The second-order valence-corrected chi connectivity index (χ2v) is 6.79. The number of amides is 1. The molecule has 0 radical (unpaired) electrons. The highest BCUT2D eigenvalue weighted by molar-refractivity contribution is 5.85. The minimum absolute atomic E-state index is 0. The maximum absolute atomic E-state index is 12.5. The van der Waals surface area contributed by atoms with Crippen molar-refractivity contribution >= 4 is 29.3 Å². The average Bonchev–Trinajstić information content (AvgIpc) is 2.95. The number of rotatable bonds is 4. The van der Waals surface area contributed by atoms with Gasteiger partial charge in [-0.2, -0.15) is 0 Å². The molecule has 0 spiro atoms. The minimum atomic E-state index is -0.428. The smallest absolute Gasteiger partial charge is 0.326 e. The van der Waals surface area contributed by atoms with Gasteiger partial charge in [0.15, 0.2) is 0 Å². The normalized spacial score (nSPS) is 18.0. The number of benzene rings is 1. The monoisotopic (exact) mass is 366 g/mol. The van der Waals surface area contributed by atoms with Crippen LogP contribution in [-0.4, -0.2) is 39.5 Å². The zero-order valence-electron chi connectivity index (χ0n) is 14.8. The van der Waals surface area contributed by atoms with E-state index in [1.165, 1.54) is 0 Å². The summed E-state index contributed by atoms with van der Waals surface area (Å²) in [7, 11) is 0. The first-order valence-corrected chi connectivity index (χ1v) is 8.76. The van der Waals surface area contributed by atoms with Crippen LogP contribution in [0.15, 0.2) is 29.1 Å². The van der Waals surface area contributed by atoms with Crippen LogP contribution in [0, 0.1) is 5.92 Å². The lowest BCUT2D eigenvalue weighted by molar-refractivity contribution is -0.135. The van der Waals surface area contributed by atoms with Gasteiger partial charge in [-0.25, -0.2) is 4.79 Å². The van der Waals surface area contributed by atoms with E-state index in [1.54, 1.807) is 0 Å². The van der Waals surface area contributed by atoms with Crippen LogP contribution in [0.3, 0.4) is 0 Å². The van der Waals surface area contributed by atoms with E-state index < -0.39 is 6.04 Å². The van der Waals surface area contributed by atoms with Crippen molar-refractivity contribution in [2.24, 2.45) is 11.7 Å². The first-order chi connectivity index (χ1) is 11.5. The molecule has 1 aromatic heterocycles. The van der Waals surface area contributed by atoms with Gasteiger partial charge in [0, 0.05) is 19.1 Å². The molecule has 1 saturated heterocycles. The number of para-hydroxylation sites is 2. The third kappa shape index (κ3) is 3.75. The lowest BCUT2D eigenvalue weighted by Gasteiger charge is -2.35. The molecular formula is C18H27ClN4O2. The van der Waals surface area contributed by atoms with Crippen molar-refractivity contribution < 1.29 is 4.79 Å². The van der Waals surface area contributed by atoms with Crippen LogP contribution in [0.2, 0.25) is 0 Å². The molecule has 7 heteroatoms. The van der Waals surface area contributed by atoms with Crippen molar-refractivity contribution in [1.82, 2.24) is 14.5 Å². The van der Waals surface area contributed by atoms with Crippen molar-refractivity contribution in [2.45, 2.75) is 45.2 Å². The number of likely N-dealkylation sites (tertiary alicyclic amines) is 1. The lowest BCUT2D eigenvalue weighted by atomic mass is 9.97. The second kappa shape index (κ2) is 8.06. The molecule has 25 heavy (non-hydrogen) atoms. The Morgan fingerprint density at radius 3 is 2.60 bits per heavy atom. The maximum Gasteiger partial charge on any atom is 0.326 e. The molecule has 1 aliphatic heterocycles. The predicted molar refractivity (Wildman–Crippen MR) is 102 cm³/mol. The van der Waals surface area contributed by atoms with Gasteiger partial charge in [0.05, 0.1) is 17.1 Å². The third-order valence-corrected chi connectivity index (χ3v) is 5.31. The van der Waals surface area contributed by atoms with Gasteiger partial charge in [-0.3, -0.25) is 9.36 Å². The predicted octanol–water partition coefficient (Wildman–Crippen LogP) is 2.29. The summed E-state index contributed by atoms with van der Waals surface area (Å²) in [5.74, 6) is 0.223. The van der Waals surface area contributed by atoms with Crippen molar-refractivity contribution in [2.75, 3.05) is 13.1 Å². The van der Waals surface area contributed by atoms with Gasteiger partial charge >= 0.3 is 5.69 Å². The van der Waals surface area contributed by atoms with Crippen molar-refractivity contribution in [3.63, 3.8) is 0 Å². The van der Waals surface area contributed by atoms with Gasteiger partial charge in [0.1, 0.15) is 0 Å². The third-order valence-electron chi connectivity index (χ3n) is 5.31. The van der Waals surface area contributed by atoms with Gasteiger partial charge in [-0.05, 0) is 30.9 Å². The molecule has 0 unspecified atom stereocenters. The van der Waals surface area contributed by atoms with E-state index in [0.717, 1.165) is 30.3 Å². The summed E-state index contributed by atoms with van der Waals surface area (Å²) in [6.45, 7) is 5.37.